The smallest absolute Gasteiger partial charge is 0.410 e. The number of nitrogens with one attached hydrogen (secondary N) is 1. The number of hydrogen-bond acceptors (Lipinski definition) is 4. The maximum Gasteiger partial charge on any atom is 0.410 e. The molecule has 0 radical (unpaired) electrons. The zero-order chi connectivity index (χ0) is 15.5. The van der Waals surface area contributed by atoms with Crippen LogP contribution in [0.1, 0.15) is 52.9 Å². The highest BCUT2D eigenvalue weighted by molar-refractivity contribution is 5.68. The van der Waals surface area contributed by atoms with Crippen molar-refractivity contribution >= 4 is 6.09 Å². The maximum atomic E-state index is 12.1. The van der Waals surface area contributed by atoms with Gasteiger partial charge in [-0.05, 0) is 46.0 Å². The Morgan fingerprint density at radius 2 is 2.00 bits per heavy atom. The molecule has 2 fully saturated rings. The van der Waals surface area contributed by atoms with Crippen LogP contribution in [0.15, 0.2) is 0 Å². The van der Waals surface area contributed by atoms with E-state index in [1.54, 1.807) is 4.90 Å². The minimum Gasteiger partial charge on any atom is -0.444 e. The number of rotatable bonds is 3. The van der Waals surface area contributed by atoms with Crippen molar-refractivity contribution in [2.45, 2.75) is 70.6 Å². The molecule has 0 aromatic carbocycles. The molecule has 5 heteroatoms. The predicted octanol–water partition coefficient (Wildman–Crippen LogP) is 2.14. The second kappa shape index (κ2) is 6.97. The highest BCUT2D eigenvalue weighted by Crippen LogP contribution is 2.25. The van der Waals surface area contributed by atoms with E-state index in [1.165, 1.54) is 12.8 Å². The number of carbonyl (C=O) groups is 1. The van der Waals surface area contributed by atoms with Crippen LogP contribution in [0.3, 0.4) is 0 Å². The van der Waals surface area contributed by atoms with E-state index in [4.69, 9.17) is 4.74 Å². The van der Waals surface area contributed by atoms with Gasteiger partial charge in [-0.1, -0.05) is 12.8 Å². The summed E-state index contributed by atoms with van der Waals surface area (Å²) < 4.78 is 5.42. The normalized spacial score (nSPS) is 30.5. The predicted molar refractivity (Wildman–Crippen MR) is 82.2 cm³/mol. The zero-order valence-electron chi connectivity index (χ0n) is 13.6. The van der Waals surface area contributed by atoms with Crippen molar-refractivity contribution in [3.05, 3.63) is 0 Å². The third-order valence-electron chi connectivity index (χ3n) is 4.43. The molecule has 1 aliphatic carbocycles. The Hall–Kier alpha value is -0.810. The van der Waals surface area contributed by atoms with E-state index in [1.807, 2.05) is 20.8 Å². The van der Waals surface area contributed by atoms with Gasteiger partial charge in [-0.15, -0.1) is 0 Å². The molecule has 0 aromatic heterocycles. The van der Waals surface area contributed by atoms with Crippen LogP contribution in [-0.2, 0) is 4.74 Å². The lowest BCUT2D eigenvalue weighted by Crippen LogP contribution is -2.47. The highest BCUT2D eigenvalue weighted by Gasteiger charge is 2.33. The van der Waals surface area contributed by atoms with Crippen LogP contribution in [0, 0.1) is 5.92 Å². The minimum absolute atomic E-state index is 0.214. The number of likely N-dealkylation sites (tertiary alicyclic amines) is 1. The molecule has 3 atom stereocenters. The molecule has 1 amide bonds. The first kappa shape index (κ1) is 16.6. The van der Waals surface area contributed by atoms with Gasteiger partial charge in [-0.2, -0.15) is 0 Å². The fourth-order valence-corrected chi connectivity index (χ4v) is 3.34. The molecule has 1 aliphatic heterocycles. The zero-order valence-corrected chi connectivity index (χ0v) is 13.6. The summed E-state index contributed by atoms with van der Waals surface area (Å²) in [6.45, 7) is 7.41. The second-order valence-corrected chi connectivity index (χ2v) is 7.41. The summed E-state index contributed by atoms with van der Waals surface area (Å²) in [6.07, 6.45) is 5.45. The van der Waals surface area contributed by atoms with Crippen molar-refractivity contribution in [3.63, 3.8) is 0 Å². The Bertz CT molecular complexity index is 354. The van der Waals surface area contributed by atoms with Crippen molar-refractivity contribution in [1.29, 1.82) is 0 Å². The number of aliphatic hydroxyl groups is 1. The van der Waals surface area contributed by atoms with Gasteiger partial charge in [0, 0.05) is 31.8 Å². The van der Waals surface area contributed by atoms with E-state index in [9.17, 15) is 9.90 Å². The lowest BCUT2D eigenvalue weighted by Gasteiger charge is -2.33. The largest absolute Gasteiger partial charge is 0.444 e. The molecular weight excluding hydrogens is 268 g/mol. The van der Waals surface area contributed by atoms with Gasteiger partial charge in [0.1, 0.15) is 5.60 Å². The number of carbonyl (C=O) groups excluding carboxylic acids is 1. The van der Waals surface area contributed by atoms with E-state index in [0.29, 0.717) is 24.5 Å². The molecule has 0 bridgehead atoms. The van der Waals surface area contributed by atoms with Crippen molar-refractivity contribution < 1.29 is 14.6 Å². The van der Waals surface area contributed by atoms with E-state index in [2.05, 4.69) is 5.32 Å². The molecular formula is C16H30N2O3. The molecule has 1 saturated heterocycles. The quantitative estimate of drug-likeness (QED) is 0.838. The molecule has 21 heavy (non-hydrogen) atoms. The van der Waals surface area contributed by atoms with Gasteiger partial charge in [0.15, 0.2) is 0 Å². The first-order chi connectivity index (χ1) is 9.89. The van der Waals surface area contributed by atoms with Gasteiger partial charge in [0.2, 0.25) is 0 Å². The van der Waals surface area contributed by atoms with Crippen molar-refractivity contribution in [3.8, 4) is 0 Å². The van der Waals surface area contributed by atoms with Gasteiger partial charge in [-0.3, -0.25) is 0 Å². The van der Waals surface area contributed by atoms with Crippen LogP contribution in [0.2, 0.25) is 0 Å². The average Bonchev–Trinajstić information content (AvgIpc) is 2.86. The van der Waals surface area contributed by atoms with E-state index >= 15 is 0 Å². The van der Waals surface area contributed by atoms with Crippen molar-refractivity contribution in [2.24, 2.45) is 5.92 Å². The third kappa shape index (κ3) is 4.85. The van der Waals surface area contributed by atoms with Gasteiger partial charge in [-0.25, -0.2) is 4.79 Å². The van der Waals surface area contributed by atoms with E-state index < -0.39 is 5.60 Å². The number of amides is 1. The topological polar surface area (TPSA) is 61.8 Å². The Balaban J connectivity index is 1.80. The van der Waals surface area contributed by atoms with Gasteiger partial charge in [0.25, 0.3) is 0 Å². The molecule has 5 nitrogen and oxygen atoms in total. The molecule has 2 aliphatic rings. The van der Waals surface area contributed by atoms with Gasteiger partial charge in [0.05, 0.1) is 0 Å². The molecule has 0 aromatic rings. The molecule has 122 valence electrons. The summed E-state index contributed by atoms with van der Waals surface area (Å²) >= 11 is 0. The van der Waals surface area contributed by atoms with Crippen LogP contribution in [0.5, 0.6) is 0 Å². The SMILES string of the molecule is CC(C)(C)OC(=O)N1CCC(NC2CCCCC2CO)C1. The summed E-state index contributed by atoms with van der Waals surface area (Å²) in [4.78, 5) is 13.8. The summed E-state index contributed by atoms with van der Waals surface area (Å²) in [5.41, 5.74) is -0.437. The number of aliphatic hydroxyl groups excluding tert-OH is 1. The van der Waals surface area contributed by atoms with Gasteiger partial charge >= 0.3 is 6.09 Å². The number of nitrogens with zero attached hydrogens (tertiary/aromatic N) is 1. The fourth-order valence-electron chi connectivity index (χ4n) is 3.34. The molecule has 2 rings (SSSR count). The lowest BCUT2D eigenvalue weighted by atomic mass is 9.84. The average molecular weight is 298 g/mol. The Morgan fingerprint density at radius 3 is 2.67 bits per heavy atom. The van der Waals surface area contributed by atoms with Crippen LogP contribution >= 0.6 is 0 Å². The van der Waals surface area contributed by atoms with Crippen molar-refractivity contribution in [1.82, 2.24) is 10.2 Å². The Labute approximate surface area is 128 Å². The standard InChI is InChI=1S/C16H30N2O3/c1-16(2,3)21-15(20)18-9-8-13(10-18)17-14-7-5-4-6-12(14)11-19/h12-14,17,19H,4-11H2,1-3H3. The lowest BCUT2D eigenvalue weighted by molar-refractivity contribution is 0.0288. The number of ether oxygens (including phenoxy) is 1. The summed E-state index contributed by atoms with van der Waals surface area (Å²) in [5.74, 6) is 0.370. The minimum atomic E-state index is -0.437. The number of hydrogen-bond donors (Lipinski definition) is 2. The van der Waals surface area contributed by atoms with Crippen molar-refractivity contribution in [2.75, 3.05) is 19.7 Å². The summed E-state index contributed by atoms with van der Waals surface area (Å²) in [7, 11) is 0. The molecule has 0 spiro atoms. The summed E-state index contributed by atoms with van der Waals surface area (Å²) in [6, 6.07) is 0.724. The fraction of sp³-hybridized carbons (Fsp3) is 0.938. The summed E-state index contributed by atoms with van der Waals surface area (Å²) in [5, 5.41) is 13.1. The second-order valence-electron chi connectivity index (χ2n) is 7.41. The Kier molecular flexibility index (Phi) is 5.49. The highest BCUT2D eigenvalue weighted by atomic mass is 16.6. The first-order valence-electron chi connectivity index (χ1n) is 8.24. The van der Waals surface area contributed by atoms with Crippen LogP contribution in [-0.4, -0.2) is 53.5 Å². The molecule has 3 unspecified atom stereocenters. The maximum absolute atomic E-state index is 12.1. The monoisotopic (exact) mass is 298 g/mol. The van der Waals surface area contributed by atoms with Crippen LogP contribution in [0.25, 0.3) is 0 Å². The van der Waals surface area contributed by atoms with E-state index in [0.717, 1.165) is 25.8 Å². The molecule has 2 N–H and O–H groups in total. The van der Waals surface area contributed by atoms with Gasteiger partial charge < -0.3 is 20.1 Å². The Morgan fingerprint density at radius 1 is 1.29 bits per heavy atom. The third-order valence-corrected chi connectivity index (χ3v) is 4.43. The molecule has 1 heterocycles. The van der Waals surface area contributed by atoms with Crippen LogP contribution < -0.4 is 5.32 Å². The van der Waals surface area contributed by atoms with E-state index in [-0.39, 0.29) is 12.7 Å². The van der Waals surface area contributed by atoms with Crippen LogP contribution in [0.4, 0.5) is 4.79 Å². The molecule has 1 saturated carbocycles. The first-order valence-corrected chi connectivity index (χ1v) is 8.24.